The monoisotopic (exact) mass is 369 g/mol. The highest BCUT2D eigenvalue weighted by Gasteiger charge is 2.37. The molecule has 2 unspecified atom stereocenters. The molecule has 27 heavy (non-hydrogen) atoms. The van der Waals surface area contributed by atoms with Gasteiger partial charge in [-0.1, -0.05) is 12.1 Å². The second-order valence-electron chi connectivity index (χ2n) is 7.10. The average Bonchev–Trinajstić information content (AvgIpc) is 3.29. The highest BCUT2D eigenvalue weighted by Crippen LogP contribution is 2.35. The van der Waals surface area contributed by atoms with Gasteiger partial charge in [-0.15, -0.1) is 0 Å². The number of carbonyl (C=O) groups excluding carboxylic acids is 1. The van der Waals surface area contributed by atoms with Gasteiger partial charge in [0.1, 0.15) is 18.2 Å². The first-order valence-electron chi connectivity index (χ1n) is 9.12. The van der Waals surface area contributed by atoms with Crippen molar-refractivity contribution >= 4 is 11.8 Å². The van der Waals surface area contributed by atoms with E-state index in [4.69, 9.17) is 4.74 Å². The number of ether oxygens (including phenoxy) is 1. The average molecular weight is 369 g/mol. The van der Waals surface area contributed by atoms with Crippen molar-refractivity contribution in [2.24, 2.45) is 0 Å². The van der Waals surface area contributed by atoms with E-state index in [1.54, 1.807) is 15.9 Å². The molecule has 2 amide bonds. The number of aromatic nitrogens is 1. The number of hydrogen-bond donors (Lipinski definition) is 2. The minimum atomic E-state index is -0.293. The number of nitrogens with zero attached hydrogens (tertiary/aromatic N) is 3. The Morgan fingerprint density at radius 3 is 3.07 bits per heavy atom. The summed E-state index contributed by atoms with van der Waals surface area (Å²) >= 11 is 0. The number of halogens is 1. The fourth-order valence-electron chi connectivity index (χ4n) is 3.98. The molecule has 2 N–H and O–H groups in total. The number of fused-ring (bicyclic) bond motifs is 3. The molecule has 4 heterocycles. The first kappa shape index (κ1) is 16.5. The molecular weight excluding hydrogens is 349 g/mol. The van der Waals surface area contributed by atoms with Gasteiger partial charge in [0.15, 0.2) is 0 Å². The summed E-state index contributed by atoms with van der Waals surface area (Å²) in [6, 6.07) is 10.4. The molecule has 3 aliphatic rings. The molecule has 3 aliphatic heterocycles. The SMILES string of the molecule is O=C1N(Cc2cccc(F)c2)CCN1c1ccc2c(n1)OCC1NNCC21. The Labute approximate surface area is 156 Å². The third kappa shape index (κ3) is 2.90. The van der Waals surface area contributed by atoms with E-state index < -0.39 is 0 Å². The van der Waals surface area contributed by atoms with Crippen molar-refractivity contribution in [1.29, 1.82) is 0 Å². The number of anilines is 1. The molecule has 2 atom stereocenters. The number of nitrogens with one attached hydrogen (secondary N) is 2. The zero-order valence-corrected chi connectivity index (χ0v) is 14.7. The summed E-state index contributed by atoms with van der Waals surface area (Å²) in [5.41, 5.74) is 8.21. The summed E-state index contributed by atoms with van der Waals surface area (Å²) in [6.45, 7) is 2.91. The molecule has 2 fully saturated rings. The quantitative estimate of drug-likeness (QED) is 0.860. The Morgan fingerprint density at radius 2 is 2.19 bits per heavy atom. The van der Waals surface area contributed by atoms with Crippen molar-refractivity contribution in [1.82, 2.24) is 20.7 Å². The van der Waals surface area contributed by atoms with Crippen LogP contribution >= 0.6 is 0 Å². The van der Waals surface area contributed by atoms with Crippen molar-refractivity contribution in [3.8, 4) is 5.88 Å². The van der Waals surface area contributed by atoms with Crippen LogP contribution in [-0.4, -0.2) is 48.2 Å². The predicted octanol–water partition coefficient (Wildman–Crippen LogP) is 1.62. The van der Waals surface area contributed by atoms with Crippen LogP contribution < -0.4 is 20.5 Å². The lowest BCUT2D eigenvalue weighted by molar-refractivity contribution is 0.218. The summed E-state index contributed by atoms with van der Waals surface area (Å²) in [7, 11) is 0. The number of amides is 2. The minimum Gasteiger partial charge on any atom is -0.476 e. The molecule has 5 rings (SSSR count). The maximum atomic E-state index is 13.4. The van der Waals surface area contributed by atoms with Gasteiger partial charge in [0.25, 0.3) is 0 Å². The van der Waals surface area contributed by atoms with Gasteiger partial charge in [-0.05, 0) is 29.8 Å². The number of hydrogen-bond acceptors (Lipinski definition) is 5. The van der Waals surface area contributed by atoms with Crippen LogP contribution in [0.4, 0.5) is 15.0 Å². The predicted molar refractivity (Wildman–Crippen MR) is 97.0 cm³/mol. The molecule has 2 saturated heterocycles. The molecule has 1 aromatic carbocycles. The lowest BCUT2D eigenvalue weighted by atomic mass is 9.92. The van der Waals surface area contributed by atoms with Gasteiger partial charge in [0.2, 0.25) is 5.88 Å². The van der Waals surface area contributed by atoms with Crippen LogP contribution in [0.25, 0.3) is 0 Å². The molecule has 7 nitrogen and oxygen atoms in total. The van der Waals surface area contributed by atoms with E-state index in [2.05, 4.69) is 15.8 Å². The number of rotatable bonds is 3. The van der Waals surface area contributed by atoms with Gasteiger partial charge < -0.3 is 9.64 Å². The summed E-state index contributed by atoms with van der Waals surface area (Å²) in [4.78, 5) is 20.8. The Morgan fingerprint density at radius 1 is 1.26 bits per heavy atom. The Balaban J connectivity index is 1.34. The van der Waals surface area contributed by atoms with E-state index in [-0.39, 0.29) is 17.9 Å². The van der Waals surface area contributed by atoms with Crippen LogP contribution in [-0.2, 0) is 6.54 Å². The third-order valence-corrected chi connectivity index (χ3v) is 5.40. The van der Waals surface area contributed by atoms with E-state index >= 15 is 0 Å². The highest BCUT2D eigenvalue weighted by atomic mass is 19.1. The number of benzene rings is 1. The molecule has 2 aromatic rings. The Hall–Kier alpha value is -2.71. The molecule has 0 spiro atoms. The molecular formula is C19H20FN5O2. The fraction of sp³-hybridized carbons (Fsp3) is 0.368. The topological polar surface area (TPSA) is 69.7 Å². The van der Waals surface area contributed by atoms with Crippen LogP contribution in [0.15, 0.2) is 36.4 Å². The van der Waals surface area contributed by atoms with Crippen molar-refractivity contribution in [2.75, 3.05) is 31.1 Å². The van der Waals surface area contributed by atoms with Crippen LogP contribution in [0.5, 0.6) is 5.88 Å². The Bertz CT molecular complexity index is 892. The van der Waals surface area contributed by atoms with Crippen LogP contribution in [0, 0.1) is 5.82 Å². The minimum absolute atomic E-state index is 0.121. The molecule has 1 aromatic heterocycles. The van der Waals surface area contributed by atoms with Crippen molar-refractivity contribution in [2.45, 2.75) is 18.5 Å². The van der Waals surface area contributed by atoms with Gasteiger partial charge >= 0.3 is 6.03 Å². The number of urea groups is 1. The van der Waals surface area contributed by atoms with E-state index in [9.17, 15) is 9.18 Å². The smallest absolute Gasteiger partial charge is 0.326 e. The molecule has 0 aliphatic carbocycles. The largest absolute Gasteiger partial charge is 0.476 e. The zero-order valence-electron chi connectivity index (χ0n) is 14.7. The first-order valence-corrected chi connectivity index (χ1v) is 9.12. The second-order valence-corrected chi connectivity index (χ2v) is 7.10. The summed E-state index contributed by atoms with van der Waals surface area (Å²) in [5.74, 6) is 1.24. The molecule has 140 valence electrons. The van der Waals surface area contributed by atoms with E-state index in [0.29, 0.717) is 43.9 Å². The maximum absolute atomic E-state index is 13.4. The lowest BCUT2D eigenvalue weighted by Crippen LogP contribution is -2.39. The number of hydrazine groups is 1. The molecule has 0 saturated carbocycles. The third-order valence-electron chi connectivity index (χ3n) is 5.40. The van der Waals surface area contributed by atoms with Gasteiger partial charge in [0, 0.05) is 37.7 Å². The van der Waals surface area contributed by atoms with Crippen LogP contribution in [0.3, 0.4) is 0 Å². The van der Waals surface area contributed by atoms with Crippen molar-refractivity contribution in [3.05, 3.63) is 53.3 Å². The maximum Gasteiger partial charge on any atom is 0.326 e. The van der Waals surface area contributed by atoms with Crippen LogP contribution in [0.1, 0.15) is 17.0 Å². The van der Waals surface area contributed by atoms with Crippen molar-refractivity contribution < 1.29 is 13.9 Å². The van der Waals surface area contributed by atoms with Gasteiger partial charge in [0.05, 0.1) is 6.04 Å². The second kappa shape index (κ2) is 6.47. The van der Waals surface area contributed by atoms with Gasteiger partial charge in [-0.2, -0.15) is 4.98 Å². The summed E-state index contributed by atoms with van der Waals surface area (Å²) < 4.78 is 19.2. The number of carbonyl (C=O) groups is 1. The summed E-state index contributed by atoms with van der Waals surface area (Å²) in [6.07, 6.45) is 0. The normalized spacial score (nSPS) is 24.0. The lowest BCUT2D eigenvalue weighted by Gasteiger charge is -2.27. The molecule has 0 bridgehead atoms. The van der Waals surface area contributed by atoms with Gasteiger partial charge in [-0.25, -0.2) is 9.18 Å². The standard InChI is InChI=1S/C19H20FN5O2/c20-13-3-1-2-12(8-13)10-24-6-7-25(19(24)26)17-5-4-14-15-9-21-23-16(15)11-27-18(14)22-17/h1-5,8,15-16,21,23H,6-7,9-11H2. The van der Waals surface area contributed by atoms with Crippen molar-refractivity contribution in [3.63, 3.8) is 0 Å². The van der Waals surface area contributed by atoms with E-state index in [1.807, 2.05) is 18.2 Å². The van der Waals surface area contributed by atoms with Gasteiger partial charge in [-0.3, -0.25) is 15.8 Å². The Kier molecular flexibility index (Phi) is 3.95. The van der Waals surface area contributed by atoms with E-state index in [0.717, 1.165) is 17.7 Å². The molecule has 0 radical (unpaired) electrons. The molecule has 8 heteroatoms. The summed E-state index contributed by atoms with van der Waals surface area (Å²) in [5, 5.41) is 0. The zero-order chi connectivity index (χ0) is 18.4. The fourth-order valence-corrected chi connectivity index (χ4v) is 3.98. The first-order chi connectivity index (χ1) is 13.2. The van der Waals surface area contributed by atoms with Crippen LogP contribution in [0.2, 0.25) is 0 Å². The van der Waals surface area contributed by atoms with E-state index in [1.165, 1.54) is 12.1 Å². The highest BCUT2D eigenvalue weighted by molar-refractivity contribution is 5.93. The number of pyridine rings is 1.